The van der Waals surface area contributed by atoms with E-state index in [0.29, 0.717) is 6.54 Å². The lowest BCUT2D eigenvalue weighted by Gasteiger charge is -2.19. The second-order valence-electron chi connectivity index (χ2n) is 5.05. The Balaban J connectivity index is 4.71. The first-order valence-corrected chi connectivity index (χ1v) is 7.18. The van der Waals surface area contributed by atoms with E-state index in [1.807, 2.05) is 0 Å². The lowest BCUT2D eigenvalue weighted by molar-refractivity contribution is 0.0534. The van der Waals surface area contributed by atoms with Crippen LogP contribution in [0.4, 0.5) is 4.79 Å². The maximum Gasteiger partial charge on any atom is 0.407 e. The van der Waals surface area contributed by atoms with Gasteiger partial charge in [-0.3, -0.25) is 0 Å². The van der Waals surface area contributed by atoms with Crippen molar-refractivity contribution < 1.29 is 9.53 Å². The average molecular weight is 327 g/mol. The average Bonchev–Trinajstić information content (AvgIpc) is 2.53. The molecule has 0 rings (SSSR count). The fourth-order valence-electron chi connectivity index (χ4n) is 1.01. The summed E-state index contributed by atoms with van der Waals surface area (Å²) < 4.78 is 5.08. The number of ether oxygens (including phenoxy) is 1. The van der Waals surface area contributed by atoms with Crippen LogP contribution in [0.1, 0.15) is 20.8 Å². The van der Waals surface area contributed by atoms with Gasteiger partial charge in [0.1, 0.15) is 5.60 Å². The van der Waals surface area contributed by atoms with Crippen molar-refractivity contribution >= 4 is 6.09 Å². The molecule has 25 heavy (non-hydrogen) atoms. The van der Waals surface area contributed by atoms with Crippen LogP contribution in [-0.2, 0) is 4.74 Å². The molecule has 0 aromatic carbocycles. The predicted molar refractivity (Wildman–Crippen MR) is 95.7 cm³/mol. The highest BCUT2D eigenvalue weighted by molar-refractivity contribution is 5.67. The molecule has 0 bridgehead atoms. The first kappa shape index (κ1) is 21.1. The zero-order valence-corrected chi connectivity index (χ0v) is 14.5. The molecule has 3 nitrogen and oxygen atoms in total. The van der Waals surface area contributed by atoms with E-state index >= 15 is 0 Å². The molecular weight excluding hydrogens is 310 g/mol. The summed E-state index contributed by atoms with van der Waals surface area (Å²) in [4.78, 5) is 11.3. The summed E-state index contributed by atoms with van der Waals surface area (Å²) in [5.41, 5.74) is 29.7. The van der Waals surface area contributed by atoms with Gasteiger partial charge in [-0.25, -0.2) is 4.79 Å². The third-order valence-corrected chi connectivity index (χ3v) is 1.80. The lowest BCUT2D eigenvalue weighted by atomic mass is 10.2. The molecular formula is C22H17NO2. The topological polar surface area (TPSA) is 38.3 Å². The van der Waals surface area contributed by atoms with Crippen LogP contribution in [0.2, 0.25) is 0 Å². The number of nitrogens with one attached hydrogen (secondary N) is 1. The third-order valence-electron chi connectivity index (χ3n) is 1.80. The van der Waals surface area contributed by atoms with Gasteiger partial charge in [-0.05, 0) is 90.7 Å². The number of carbonyl (C=O) groups excluding carboxylic acids is 1. The van der Waals surface area contributed by atoms with Gasteiger partial charge in [-0.2, -0.15) is 0 Å². The second kappa shape index (κ2) is 13.8. The molecule has 0 spiro atoms. The molecule has 0 unspecified atom stereocenters. The van der Waals surface area contributed by atoms with Gasteiger partial charge in [-0.1, -0.05) is 23.6 Å². The monoisotopic (exact) mass is 327 g/mol. The van der Waals surface area contributed by atoms with Crippen molar-refractivity contribution in [3.05, 3.63) is 93.6 Å². The molecule has 0 aliphatic rings. The summed E-state index contributed by atoms with van der Waals surface area (Å²) >= 11 is 0. The summed E-state index contributed by atoms with van der Waals surface area (Å²) in [6.45, 7) is 9.07. The fourth-order valence-corrected chi connectivity index (χ4v) is 1.01. The summed E-state index contributed by atoms with van der Waals surface area (Å²) in [6.07, 6.45) is 4.59. The number of amides is 1. The van der Waals surface area contributed by atoms with Gasteiger partial charge in [0.25, 0.3) is 0 Å². The van der Waals surface area contributed by atoms with Crippen LogP contribution in [0.5, 0.6) is 0 Å². The summed E-state index contributed by atoms with van der Waals surface area (Å²) in [5, 5.41) is 2.59. The largest absolute Gasteiger partial charge is 0.444 e. The smallest absolute Gasteiger partial charge is 0.407 e. The normalized spacial score (nSPS) is 7.80. The molecule has 1 amide bonds. The van der Waals surface area contributed by atoms with Crippen LogP contribution in [0.3, 0.4) is 0 Å². The van der Waals surface area contributed by atoms with Crippen LogP contribution >= 0.6 is 0 Å². The fraction of sp³-hybridized carbons (Fsp3) is 0.227. The minimum Gasteiger partial charge on any atom is -0.444 e. The Morgan fingerprint density at radius 1 is 0.960 bits per heavy atom. The maximum atomic E-state index is 11.3. The van der Waals surface area contributed by atoms with Gasteiger partial charge in [0.15, 0.2) is 0 Å². The van der Waals surface area contributed by atoms with Crippen molar-refractivity contribution in [3.63, 3.8) is 0 Å². The molecule has 0 heterocycles. The lowest BCUT2D eigenvalue weighted by Crippen LogP contribution is -2.32. The van der Waals surface area contributed by atoms with Crippen molar-refractivity contribution in [2.24, 2.45) is 0 Å². The Bertz CT molecular complexity index is 959. The number of rotatable bonds is 3. The molecule has 0 saturated heterocycles. The standard InChI is InChI=1S/C22H17NO2/c1-5-6-7-8-9-10-11-12-13-14-15-16-17-18-19-20-23-21(24)25-22(2,3)4/h17-19H,1,20H2,2-4H3,(H,23,24). The molecule has 0 aromatic heterocycles. The number of hydrogen-bond donors (Lipinski definition) is 1. The van der Waals surface area contributed by atoms with Crippen LogP contribution in [-0.4, -0.2) is 18.2 Å². The van der Waals surface area contributed by atoms with Gasteiger partial charge in [0.2, 0.25) is 0 Å². The molecule has 0 aliphatic carbocycles. The second-order valence-corrected chi connectivity index (χ2v) is 5.05. The van der Waals surface area contributed by atoms with Crippen molar-refractivity contribution in [2.45, 2.75) is 26.4 Å². The van der Waals surface area contributed by atoms with E-state index < -0.39 is 11.7 Å². The first-order valence-electron chi connectivity index (χ1n) is 7.18. The Morgan fingerprint density at radius 3 is 2.00 bits per heavy atom. The molecule has 0 aliphatic heterocycles. The van der Waals surface area contributed by atoms with E-state index in [1.54, 1.807) is 39.0 Å². The Labute approximate surface area is 148 Å². The van der Waals surface area contributed by atoms with E-state index in [4.69, 9.17) is 4.74 Å². The van der Waals surface area contributed by atoms with Gasteiger partial charge < -0.3 is 10.1 Å². The maximum absolute atomic E-state index is 11.3. The quantitative estimate of drug-likeness (QED) is 0.626. The van der Waals surface area contributed by atoms with Crippen LogP contribution < -0.4 is 5.32 Å². The molecule has 1 N–H and O–H groups in total. The Morgan fingerprint density at radius 2 is 1.48 bits per heavy atom. The predicted octanol–water partition coefficient (Wildman–Crippen LogP) is 4.11. The van der Waals surface area contributed by atoms with E-state index in [9.17, 15) is 4.79 Å². The molecule has 122 valence electrons. The van der Waals surface area contributed by atoms with Gasteiger partial charge in [-0.15, -0.1) is 0 Å². The molecule has 0 atom stereocenters. The Hall–Kier alpha value is -3.89. The molecule has 0 saturated carbocycles. The minimum atomic E-state index is -0.507. The van der Waals surface area contributed by atoms with E-state index in [-0.39, 0.29) is 0 Å². The highest BCUT2D eigenvalue weighted by Crippen LogP contribution is 2.05. The third kappa shape index (κ3) is 18.1. The summed E-state index contributed by atoms with van der Waals surface area (Å²) in [7, 11) is 0. The van der Waals surface area contributed by atoms with Crippen LogP contribution in [0, 0.1) is 0 Å². The number of allylic oxidation sites excluding steroid dienone is 2. The molecule has 0 aromatic rings. The van der Waals surface area contributed by atoms with Crippen molar-refractivity contribution in [2.75, 3.05) is 6.54 Å². The van der Waals surface area contributed by atoms with E-state index in [1.165, 1.54) is 0 Å². The zero-order chi connectivity index (χ0) is 18.8. The van der Waals surface area contributed by atoms with Gasteiger partial charge in [0.05, 0.1) is 0 Å². The highest BCUT2D eigenvalue weighted by Gasteiger charge is 2.14. The zero-order valence-electron chi connectivity index (χ0n) is 14.5. The molecule has 3 heteroatoms. The molecule has 0 fully saturated rings. The van der Waals surface area contributed by atoms with Crippen molar-refractivity contribution in [1.82, 2.24) is 5.32 Å². The number of carbonyl (C=O) groups is 1. The van der Waals surface area contributed by atoms with Crippen LogP contribution in [0.15, 0.2) is 93.6 Å². The first-order chi connectivity index (χ1) is 12.0. The highest BCUT2D eigenvalue weighted by atomic mass is 16.6. The van der Waals surface area contributed by atoms with Crippen LogP contribution in [0.25, 0.3) is 0 Å². The Kier molecular flexibility index (Phi) is 11.6. The minimum absolute atomic E-state index is 0.353. The summed E-state index contributed by atoms with van der Waals surface area (Å²) in [5.74, 6) is 0. The number of alkyl carbamates (subject to hydrolysis) is 1. The summed E-state index contributed by atoms with van der Waals surface area (Å²) in [6, 6.07) is 0. The van der Waals surface area contributed by atoms with Crippen molar-refractivity contribution in [3.8, 4) is 0 Å². The van der Waals surface area contributed by atoms with E-state index in [2.05, 4.69) is 80.7 Å². The van der Waals surface area contributed by atoms with E-state index in [0.717, 1.165) is 0 Å². The van der Waals surface area contributed by atoms with Gasteiger partial charge >= 0.3 is 6.09 Å². The molecule has 0 radical (unpaired) electrons. The van der Waals surface area contributed by atoms with Gasteiger partial charge in [0, 0.05) is 6.54 Å². The number of hydrogen-bond acceptors (Lipinski definition) is 2. The van der Waals surface area contributed by atoms with Crippen molar-refractivity contribution in [1.29, 1.82) is 0 Å². The SMILES string of the molecule is C=C=C=C=C=C=C=C=C=C=C=C=C=CC=CCNC(=O)OC(C)(C)C.